The highest BCUT2D eigenvalue weighted by atomic mass is 32.2. The molecule has 5 nitrogen and oxygen atoms in total. The Kier molecular flexibility index (Phi) is 4.66. The average molecular weight is 282 g/mol. The Bertz CT molecular complexity index is 650. The van der Waals surface area contributed by atoms with Gasteiger partial charge < -0.3 is 10.2 Å². The molecule has 0 aliphatic heterocycles. The first-order chi connectivity index (χ1) is 8.47. The lowest BCUT2D eigenvalue weighted by molar-refractivity contribution is 0.449. The van der Waals surface area contributed by atoms with Gasteiger partial charge in [0.1, 0.15) is 16.4 Å². The maximum atomic E-state index is 11.2. The summed E-state index contributed by atoms with van der Waals surface area (Å²) in [6.07, 6.45) is 0. The van der Waals surface area contributed by atoms with E-state index >= 15 is 0 Å². The van der Waals surface area contributed by atoms with Crippen molar-refractivity contribution < 1.29 is 23.2 Å². The van der Waals surface area contributed by atoms with Crippen molar-refractivity contribution in [3.63, 3.8) is 0 Å². The molecule has 0 atom stereocenters. The number of aryl methyl sites for hydroxylation is 1. The van der Waals surface area contributed by atoms with Crippen molar-refractivity contribution in [3.05, 3.63) is 54.1 Å². The minimum absolute atomic E-state index is 0. The maximum absolute atomic E-state index is 11.2. The molecule has 0 bridgehead atoms. The van der Waals surface area contributed by atoms with E-state index in [-0.39, 0.29) is 16.1 Å². The molecule has 102 valence electrons. The fourth-order valence-corrected chi connectivity index (χ4v) is 2.12. The second-order valence-corrected chi connectivity index (χ2v) is 5.23. The van der Waals surface area contributed by atoms with Gasteiger partial charge in [-0.05, 0) is 36.8 Å². The summed E-state index contributed by atoms with van der Waals surface area (Å²) in [5, 5.41) is 0. The summed E-state index contributed by atoms with van der Waals surface area (Å²) in [5.74, 6) is 0.622. The lowest BCUT2D eigenvalue weighted by Crippen LogP contribution is -2.01. The van der Waals surface area contributed by atoms with Crippen molar-refractivity contribution in [1.82, 2.24) is 0 Å². The number of para-hydroxylation sites is 1. The molecule has 0 spiro atoms. The number of rotatable bonds is 3. The first-order valence-corrected chi connectivity index (χ1v) is 6.72. The normalized spacial score (nSPS) is 10.6. The summed E-state index contributed by atoms with van der Waals surface area (Å²) in [6, 6.07) is 13.3. The maximum Gasteiger partial charge on any atom is 0.298 e. The number of hydrogen-bond acceptors (Lipinski definition) is 3. The van der Waals surface area contributed by atoms with E-state index in [4.69, 9.17) is 9.29 Å². The van der Waals surface area contributed by atoms with E-state index in [9.17, 15) is 8.42 Å². The lowest BCUT2D eigenvalue weighted by Gasteiger charge is -2.10. The summed E-state index contributed by atoms with van der Waals surface area (Å²) in [5.41, 5.74) is 0.841. The van der Waals surface area contributed by atoms with Gasteiger partial charge in [0.05, 0.1) is 0 Å². The molecule has 0 amide bonds. The second kappa shape index (κ2) is 5.83. The smallest absolute Gasteiger partial charge is 0.298 e. The third-order valence-corrected chi connectivity index (χ3v) is 3.24. The van der Waals surface area contributed by atoms with Crippen LogP contribution < -0.4 is 4.74 Å². The largest absolute Gasteiger partial charge is 0.456 e. The Balaban J connectivity index is 0.00000180. The number of benzene rings is 2. The van der Waals surface area contributed by atoms with Crippen LogP contribution in [-0.4, -0.2) is 18.4 Å². The monoisotopic (exact) mass is 282 g/mol. The summed E-state index contributed by atoms with van der Waals surface area (Å²) in [6.45, 7) is 1.81. The number of ether oxygens (including phenoxy) is 1. The Morgan fingerprint density at radius 3 is 2.26 bits per heavy atom. The Morgan fingerprint density at radius 1 is 1.05 bits per heavy atom. The first-order valence-electron chi connectivity index (χ1n) is 5.28. The van der Waals surface area contributed by atoms with E-state index in [1.165, 1.54) is 6.07 Å². The third kappa shape index (κ3) is 3.78. The van der Waals surface area contributed by atoms with Crippen LogP contribution in [0.3, 0.4) is 0 Å². The minimum atomic E-state index is -4.30. The number of hydrogen-bond donors (Lipinski definition) is 1. The van der Waals surface area contributed by atoms with E-state index in [1.54, 1.807) is 36.4 Å². The van der Waals surface area contributed by atoms with Crippen LogP contribution in [0.25, 0.3) is 0 Å². The van der Waals surface area contributed by atoms with Gasteiger partial charge in [-0.25, -0.2) is 0 Å². The van der Waals surface area contributed by atoms with Gasteiger partial charge in [-0.2, -0.15) is 8.42 Å². The van der Waals surface area contributed by atoms with Crippen LogP contribution in [0.1, 0.15) is 5.56 Å². The van der Waals surface area contributed by atoms with Crippen LogP contribution in [0, 0.1) is 6.92 Å². The first kappa shape index (κ1) is 15.2. The average Bonchev–Trinajstić information content (AvgIpc) is 2.28. The van der Waals surface area contributed by atoms with Crippen molar-refractivity contribution in [2.45, 2.75) is 11.8 Å². The molecular weight excluding hydrogens is 268 g/mol. The van der Waals surface area contributed by atoms with E-state index in [0.717, 1.165) is 5.56 Å². The Labute approximate surface area is 111 Å². The Hall–Kier alpha value is -1.89. The fourth-order valence-electron chi connectivity index (χ4n) is 1.52. The molecule has 0 aliphatic carbocycles. The van der Waals surface area contributed by atoms with E-state index in [2.05, 4.69) is 0 Å². The van der Waals surface area contributed by atoms with Gasteiger partial charge in [0.25, 0.3) is 10.1 Å². The van der Waals surface area contributed by atoms with E-state index in [0.29, 0.717) is 5.75 Å². The second-order valence-electron chi connectivity index (χ2n) is 3.84. The van der Waals surface area contributed by atoms with Crippen molar-refractivity contribution >= 4 is 10.1 Å². The lowest BCUT2D eigenvalue weighted by atomic mass is 10.2. The molecule has 2 aromatic carbocycles. The van der Waals surface area contributed by atoms with Gasteiger partial charge in [-0.1, -0.05) is 24.3 Å². The van der Waals surface area contributed by atoms with Gasteiger partial charge in [-0.3, -0.25) is 4.55 Å². The van der Waals surface area contributed by atoms with E-state index < -0.39 is 10.1 Å². The Morgan fingerprint density at radius 2 is 1.68 bits per heavy atom. The highest BCUT2D eigenvalue weighted by molar-refractivity contribution is 7.86. The molecule has 2 aromatic rings. The standard InChI is InChI=1S/C13H12O4S.H2O/c1-10-7-8-13(18(14,15)16)12(9-10)17-11-5-3-2-4-6-11;/h2-9H,1H3,(H,14,15,16);1H2. The molecule has 0 aromatic heterocycles. The minimum Gasteiger partial charge on any atom is -0.456 e. The van der Waals surface area contributed by atoms with Crippen molar-refractivity contribution in [1.29, 1.82) is 0 Å². The predicted molar refractivity (Wildman–Crippen MR) is 71.1 cm³/mol. The molecule has 2 rings (SSSR count). The van der Waals surface area contributed by atoms with Crippen LogP contribution >= 0.6 is 0 Å². The third-order valence-electron chi connectivity index (χ3n) is 2.35. The highest BCUT2D eigenvalue weighted by Gasteiger charge is 2.17. The molecular formula is C13H14O5S. The summed E-state index contributed by atoms with van der Waals surface area (Å²) in [4.78, 5) is -0.239. The zero-order valence-electron chi connectivity index (χ0n) is 10.2. The molecule has 0 fully saturated rings. The molecule has 0 saturated carbocycles. The topological polar surface area (TPSA) is 95.1 Å². The van der Waals surface area contributed by atoms with Gasteiger partial charge in [0.2, 0.25) is 0 Å². The predicted octanol–water partition coefficient (Wildman–Crippen LogP) is 2.21. The molecule has 0 unspecified atom stereocenters. The van der Waals surface area contributed by atoms with E-state index in [1.807, 2.05) is 13.0 Å². The van der Waals surface area contributed by atoms with Crippen LogP contribution in [-0.2, 0) is 10.1 Å². The quantitative estimate of drug-likeness (QED) is 0.873. The summed E-state index contributed by atoms with van der Waals surface area (Å²) >= 11 is 0. The van der Waals surface area contributed by atoms with Crippen LogP contribution in [0.2, 0.25) is 0 Å². The molecule has 0 saturated heterocycles. The fraction of sp³-hybridized carbons (Fsp3) is 0.0769. The van der Waals surface area contributed by atoms with Crippen molar-refractivity contribution in [3.8, 4) is 11.5 Å². The molecule has 6 heteroatoms. The zero-order chi connectivity index (χ0) is 13.2. The molecule has 0 aliphatic rings. The van der Waals surface area contributed by atoms with Crippen molar-refractivity contribution in [2.75, 3.05) is 0 Å². The molecule has 0 radical (unpaired) electrons. The summed E-state index contributed by atoms with van der Waals surface area (Å²) in [7, 11) is -4.30. The molecule has 3 N–H and O–H groups in total. The summed E-state index contributed by atoms with van der Waals surface area (Å²) < 4.78 is 37.1. The van der Waals surface area contributed by atoms with Gasteiger partial charge >= 0.3 is 0 Å². The van der Waals surface area contributed by atoms with Crippen LogP contribution in [0.5, 0.6) is 11.5 Å². The van der Waals surface area contributed by atoms with Gasteiger partial charge in [0.15, 0.2) is 0 Å². The van der Waals surface area contributed by atoms with Gasteiger partial charge in [0, 0.05) is 0 Å². The van der Waals surface area contributed by atoms with Gasteiger partial charge in [-0.15, -0.1) is 0 Å². The molecule has 19 heavy (non-hydrogen) atoms. The zero-order valence-corrected chi connectivity index (χ0v) is 11.0. The highest BCUT2D eigenvalue weighted by Crippen LogP contribution is 2.29. The SMILES string of the molecule is Cc1ccc(S(=O)(=O)O)c(Oc2ccccc2)c1.O. The van der Waals surface area contributed by atoms with Crippen LogP contribution in [0.15, 0.2) is 53.4 Å². The van der Waals surface area contributed by atoms with Crippen LogP contribution in [0.4, 0.5) is 0 Å². The molecule has 0 heterocycles. The van der Waals surface area contributed by atoms with Crippen molar-refractivity contribution in [2.24, 2.45) is 0 Å².